The number of hydrogen-bond donors (Lipinski definition) is 1. The van der Waals surface area contributed by atoms with Crippen molar-refractivity contribution >= 4 is 11.8 Å². The Hall–Kier alpha value is -2.89. The fraction of sp³-hybridized carbons (Fsp3) is 0.333. The predicted octanol–water partition coefficient (Wildman–Crippen LogP) is 2.54. The zero-order valence-electron chi connectivity index (χ0n) is 15.3. The van der Waals surface area contributed by atoms with Gasteiger partial charge >= 0.3 is 0 Å². The summed E-state index contributed by atoms with van der Waals surface area (Å²) < 4.78 is 19.0. The lowest BCUT2D eigenvalue weighted by Gasteiger charge is -2.17. The van der Waals surface area contributed by atoms with Crippen LogP contribution in [0.2, 0.25) is 0 Å². The van der Waals surface area contributed by atoms with Crippen LogP contribution in [0.1, 0.15) is 17.5 Å². The zero-order valence-corrected chi connectivity index (χ0v) is 15.3. The summed E-state index contributed by atoms with van der Waals surface area (Å²) in [6.45, 7) is 1.00. The van der Waals surface area contributed by atoms with E-state index in [9.17, 15) is 14.0 Å². The van der Waals surface area contributed by atoms with Crippen LogP contribution in [-0.4, -0.2) is 36.9 Å². The fourth-order valence-electron chi connectivity index (χ4n) is 3.24. The first-order valence-electron chi connectivity index (χ1n) is 8.98. The Morgan fingerprint density at radius 1 is 1.26 bits per heavy atom. The van der Waals surface area contributed by atoms with E-state index < -0.39 is 5.92 Å². The standard InChI is InChI=1S/C21H23FN2O3/c1-27-18-7-4-5-15(11-18)9-10-23-21(26)17-12-20(25)24(14-17)13-16-6-2-3-8-19(16)22/h2-8,11,17H,9-10,12-14H2,1H3,(H,23,26). The maximum Gasteiger partial charge on any atom is 0.225 e. The van der Waals surface area contributed by atoms with Gasteiger partial charge in [-0.25, -0.2) is 4.39 Å². The van der Waals surface area contributed by atoms with Crippen molar-refractivity contribution in [3.8, 4) is 5.75 Å². The summed E-state index contributed by atoms with van der Waals surface area (Å²) in [6.07, 6.45) is 0.849. The number of hydrogen-bond acceptors (Lipinski definition) is 3. The van der Waals surface area contributed by atoms with Crippen molar-refractivity contribution in [1.82, 2.24) is 10.2 Å². The average molecular weight is 370 g/mol. The molecule has 0 aromatic heterocycles. The van der Waals surface area contributed by atoms with E-state index in [2.05, 4.69) is 5.32 Å². The first kappa shape index (κ1) is 18.9. The smallest absolute Gasteiger partial charge is 0.225 e. The number of carbonyl (C=O) groups is 2. The number of halogens is 1. The van der Waals surface area contributed by atoms with Crippen molar-refractivity contribution in [2.75, 3.05) is 20.2 Å². The van der Waals surface area contributed by atoms with Crippen molar-refractivity contribution in [3.05, 3.63) is 65.5 Å². The number of likely N-dealkylation sites (tertiary alicyclic amines) is 1. The summed E-state index contributed by atoms with van der Waals surface area (Å²) in [5.74, 6) is -0.205. The Morgan fingerprint density at radius 3 is 2.85 bits per heavy atom. The molecule has 0 radical (unpaired) electrons. The molecule has 5 nitrogen and oxygen atoms in total. The van der Waals surface area contributed by atoms with Crippen molar-refractivity contribution in [3.63, 3.8) is 0 Å². The highest BCUT2D eigenvalue weighted by molar-refractivity contribution is 5.89. The van der Waals surface area contributed by atoms with Gasteiger partial charge in [0.2, 0.25) is 11.8 Å². The van der Waals surface area contributed by atoms with E-state index in [1.54, 1.807) is 30.2 Å². The Balaban J connectivity index is 1.49. The van der Waals surface area contributed by atoms with Gasteiger partial charge in [-0.1, -0.05) is 30.3 Å². The molecule has 0 bridgehead atoms. The summed E-state index contributed by atoms with van der Waals surface area (Å²) in [4.78, 5) is 26.1. The van der Waals surface area contributed by atoms with E-state index in [0.29, 0.717) is 25.1 Å². The third kappa shape index (κ3) is 4.84. The molecular weight excluding hydrogens is 347 g/mol. The number of ether oxygens (including phenoxy) is 1. The highest BCUT2D eigenvalue weighted by atomic mass is 19.1. The van der Waals surface area contributed by atoms with Gasteiger partial charge in [-0.15, -0.1) is 0 Å². The van der Waals surface area contributed by atoms with E-state index in [1.807, 2.05) is 24.3 Å². The molecule has 6 heteroatoms. The minimum Gasteiger partial charge on any atom is -0.497 e. The lowest BCUT2D eigenvalue weighted by Crippen LogP contribution is -2.34. The van der Waals surface area contributed by atoms with E-state index in [0.717, 1.165) is 11.3 Å². The second-order valence-electron chi connectivity index (χ2n) is 6.66. The average Bonchev–Trinajstić information content (AvgIpc) is 3.04. The molecule has 1 aliphatic heterocycles. The van der Waals surface area contributed by atoms with Crippen molar-refractivity contribution < 1.29 is 18.7 Å². The maximum absolute atomic E-state index is 13.8. The second-order valence-corrected chi connectivity index (χ2v) is 6.66. The number of nitrogens with one attached hydrogen (secondary N) is 1. The molecule has 2 amide bonds. The summed E-state index contributed by atoms with van der Waals surface area (Å²) in [6, 6.07) is 14.1. The molecule has 0 spiro atoms. The number of rotatable bonds is 7. The zero-order chi connectivity index (χ0) is 19.2. The molecule has 1 saturated heterocycles. The van der Waals surface area contributed by atoms with E-state index >= 15 is 0 Å². The highest BCUT2D eigenvalue weighted by Crippen LogP contribution is 2.21. The molecule has 1 atom stereocenters. The second kappa shape index (κ2) is 8.66. The third-order valence-electron chi connectivity index (χ3n) is 4.75. The Bertz CT molecular complexity index is 825. The number of nitrogens with zero attached hydrogens (tertiary/aromatic N) is 1. The monoisotopic (exact) mass is 370 g/mol. The molecule has 2 aromatic carbocycles. The number of benzene rings is 2. The molecule has 2 aromatic rings. The third-order valence-corrected chi connectivity index (χ3v) is 4.75. The predicted molar refractivity (Wildman–Crippen MR) is 99.6 cm³/mol. The largest absolute Gasteiger partial charge is 0.497 e. The van der Waals surface area contributed by atoms with Gasteiger partial charge in [0.05, 0.1) is 13.0 Å². The molecule has 0 aliphatic carbocycles. The summed E-state index contributed by atoms with van der Waals surface area (Å²) in [7, 11) is 1.62. The minimum absolute atomic E-state index is 0.119. The van der Waals surface area contributed by atoms with Crippen LogP contribution in [0.4, 0.5) is 4.39 Å². The van der Waals surface area contributed by atoms with E-state index in [1.165, 1.54) is 6.07 Å². The van der Waals surface area contributed by atoms with Gasteiger partial charge < -0.3 is 15.0 Å². The van der Waals surface area contributed by atoms with Crippen LogP contribution >= 0.6 is 0 Å². The molecule has 27 heavy (non-hydrogen) atoms. The molecule has 1 N–H and O–H groups in total. The fourth-order valence-corrected chi connectivity index (χ4v) is 3.24. The molecular formula is C21H23FN2O3. The van der Waals surface area contributed by atoms with Crippen LogP contribution in [0.25, 0.3) is 0 Å². The Labute approximate surface area is 158 Å². The Kier molecular flexibility index (Phi) is 6.06. The summed E-state index contributed by atoms with van der Waals surface area (Å²) in [5.41, 5.74) is 1.53. The van der Waals surface area contributed by atoms with Crippen LogP contribution in [0, 0.1) is 11.7 Å². The van der Waals surface area contributed by atoms with Crippen molar-refractivity contribution in [1.29, 1.82) is 0 Å². The lowest BCUT2D eigenvalue weighted by molar-refractivity contribution is -0.129. The molecule has 3 rings (SSSR count). The molecule has 1 aliphatic rings. The lowest BCUT2D eigenvalue weighted by atomic mass is 10.1. The summed E-state index contributed by atoms with van der Waals surface area (Å²) >= 11 is 0. The van der Waals surface area contributed by atoms with Crippen molar-refractivity contribution in [2.24, 2.45) is 5.92 Å². The normalized spacial score (nSPS) is 16.4. The van der Waals surface area contributed by atoms with Crippen LogP contribution in [0.3, 0.4) is 0 Å². The van der Waals surface area contributed by atoms with Crippen molar-refractivity contribution in [2.45, 2.75) is 19.4 Å². The van der Waals surface area contributed by atoms with Gasteiger partial charge in [-0.05, 0) is 30.2 Å². The van der Waals surface area contributed by atoms with E-state index in [4.69, 9.17) is 4.74 Å². The molecule has 1 heterocycles. The summed E-state index contributed by atoms with van der Waals surface area (Å²) in [5, 5.41) is 2.89. The first-order valence-corrected chi connectivity index (χ1v) is 8.98. The highest BCUT2D eigenvalue weighted by Gasteiger charge is 2.34. The van der Waals surface area contributed by atoms with Crippen LogP contribution in [-0.2, 0) is 22.6 Å². The molecule has 0 saturated carbocycles. The molecule has 142 valence electrons. The quantitative estimate of drug-likeness (QED) is 0.815. The van der Waals surface area contributed by atoms with Gasteiger partial charge in [-0.3, -0.25) is 9.59 Å². The van der Waals surface area contributed by atoms with Gasteiger partial charge in [-0.2, -0.15) is 0 Å². The van der Waals surface area contributed by atoms with Crippen LogP contribution in [0.15, 0.2) is 48.5 Å². The SMILES string of the molecule is COc1cccc(CCNC(=O)C2CC(=O)N(Cc3ccccc3F)C2)c1. The Morgan fingerprint density at radius 2 is 2.07 bits per heavy atom. The van der Waals surface area contributed by atoms with Gasteiger partial charge in [0, 0.05) is 31.6 Å². The number of amides is 2. The first-order chi connectivity index (χ1) is 13.1. The van der Waals surface area contributed by atoms with Crippen LogP contribution in [0.5, 0.6) is 5.75 Å². The minimum atomic E-state index is -0.394. The van der Waals surface area contributed by atoms with Crippen LogP contribution < -0.4 is 10.1 Å². The van der Waals surface area contributed by atoms with Gasteiger partial charge in [0.25, 0.3) is 0 Å². The number of carbonyl (C=O) groups excluding carboxylic acids is 2. The van der Waals surface area contributed by atoms with Gasteiger partial charge in [0.15, 0.2) is 0 Å². The molecule has 1 fully saturated rings. The van der Waals surface area contributed by atoms with E-state index in [-0.39, 0.29) is 30.6 Å². The van der Waals surface area contributed by atoms with Gasteiger partial charge in [0.1, 0.15) is 11.6 Å². The maximum atomic E-state index is 13.8. The topological polar surface area (TPSA) is 58.6 Å². The molecule has 1 unspecified atom stereocenters. The number of methoxy groups -OCH3 is 1.